The van der Waals surface area contributed by atoms with Crippen molar-refractivity contribution in [2.24, 2.45) is 5.92 Å². The molecule has 0 amide bonds. The molecule has 1 aromatic heterocycles. The standard InChI is InChI=1S/C20H14O2/c1-13-6-8-14(9-7-13)20(21)15-10-11-19-17(12-15)16-4-2-3-5-18(16)22-19/h2-8,10-13H,1H3. The molecule has 0 bridgehead atoms. The summed E-state index contributed by atoms with van der Waals surface area (Å²) in [6.07, 6.45) is 5.78. The van der Waals surface area contributed by atoms with E-state index in [9.17, 15) is 4.79 Å². The molecule has 1 heterocycles. The number of hydrogen-bond acceptors (Lipinski definition) is 2. The number of allylic oxidation sites excluding steroid dienone is 3. The van der Waals surface area contributed by atoms with Crippen molar-refractivity contribution in [1.82, 2.24) is 0 Å². The Morgan fingerprint density at radius 1 is 1.09 bits per heavy atom. The van der Waals surface area contributed by atoms with Crippen LogP contribution in [-0.4, -0.2) is 5.78 Å². The predicted octanol–water partition coefficient (Wildman–Crippen LogP) is 5.06. The molecule has 0 saturated heterocycles. The average Bonchev–Trinajstić information content (AvgIpc) is 2.92. The van der Waals surface area contributed by atoms with Crippen molar-refractivity contribution in [1.29, 1.82) is 0 Å². The summed E-state index contributed by atoms with van der Waals surface area (Å²) in [6, 6.07) is 13.5. The summed E-state index contributed by atoms with van der Waals surface area (Å²) in [6.45, 7) is 2.06. The molecule has 4 rings (SSSR count). The maximum Gasteiger partial charge on any atom is 0.200 e. The van der Waals surface area contributed by atoms with E-state index in [1.807, 2.05) is 60.7 Å². The molecule has 0 radical (unpaired) electrons. The molecule has 3 aromatic rings. The highest BCUT2D eigenvalue weighted by molar-refractivity contribution is 6.14. The molecule has 22 heavy (non-hydrogen) atoms. The molecule has 1 atom stereocenters. The van der Waals surface area contributed by atoms with E-state index in [1.54, 1.807) is 0 Å². The highest BCUT2D eigenvalue weighted by atomic mass is 16.3. The summed E-state index contributed by atoms with van der Waals surface area (Å²) < 4.78 is 5.79. The molecule has 1 aliphatic rings. The number of carbonyl (C=O) groups excluding carboxylic acids is 1. The second kappa shape index (κ2) is 4.87. The molecule has 0 fully saturated rings. The fourth-order valence-electron chi connectivity index (χ4n) is 2.74. The second-order valence-corrected chi connectivity index (χ2v) is 5.58. The molecule has 2 aromatic carbocycles. The van der Waals surface area contributed by atoms with Crippen LogP contribution in [0.5, 0.6) is 0 Å². The molecule has 0 saturated carbocycles. The fourth-order valence-corrected chi connectivity index (χ4v) is 2.74. The van der Waals surface area contributed by atoms with Gasteiger partial charge in [-0.3, -0.25) is 4.79 Å². The third-order valence-electron chi connectivity index (χ3n) is 3.95. The van der Waals surface area contributed by atoms with Gasteiger partial charge >= 0.3 is 0 Å². The first-order chi connectivity index (χ1) is 10.7. The van der Waals surface area contributed by atoms with E-state index in [-0.39, 0.29) is 5.78 Å². The molecule has 1 unspecified atom stereocenters. The number of fused-ring (bicyclic) bond motifs is 3. The van der Waals surface area contributed by atoms with Crippen LogP contribution < -0.4 is 0 Å². The maximum absolute atomic E-state index is 12.6. The zero-order valence-electron chi connectivity index (χ0n) is 12.2. The van der Waals surface area contributed by atoms with Crippen molar-refractivity contribution in [3.05, 3.63) is 77.6 Å². The van der Waals surface area contributed by atoms with Crippen LogP contribution >= 0.6 is 0 Å². The van der Waals surface area contributed by atoms with Crippen molar-refractivity contribution in [2.45, 2.75) is 6.92 Å². The summed E-state index contributed by atoms with van der Waals surface area (Å²) in [5.41, 5.74) is 5.98. The number of ketones is 1. The molecular formula is C20H14O2. The first kappa shape index (κ1) is 12.9. The van der Waals surface area contributed by atoms with Gasteiger partial charge in [0.15, 0.2) is 0 Å². The molecule has 2 nitrogen and oxygen atoms in total. The summed E-state index contributed by atoms with van der Waals surface area (Å²) in [5, 5.41) is 2.00. The monoisotopic (exact) mass is 286 g/mol. The number of Topliss-reactive ketones (excluding diaryl/α,β-unsaturated/α-hetero) is 1. The lowest BCUT2D eigenvalue weighted by atomic mass is 9.97. The van der Waals surface area contributed by atoms with E-state index >= 15 is 0 Å². The fraction of sp³-hybridized carbons (Fsp3) is 0.100. The number of para-hydroxylation sites is 1. The van der Waals surface area contributed by atoms with E-state index < -0.39 is 0 Å². The topological polar surface area (TPSA) is 30.2 Å². The van der Waals surface area contributed by atoms with Crippen molar-refractivity contribution in [3.8, 4) is 0 Å². The van der Waals surface area contributed by atoms with E-state index in [2.05, 4.69) is 12.7 Å². The van der Waals surface area contributed by atoms with E-state index in [1.165, 1.54) is 0 Å². The highest BCUT2D eigenvalue weighted by Crippen LogP contribution is 2.29. The highest BCUT2D eigenvalue weighted by Gasteiger charge is 2.14. The Balaban J connectivity index is 1.86. The van der Waals surface area contributed by atoms with Gasteiger partial charge in [-0.25, -0.2) is 0 Å². The number of carbonyl (C=O) groups is 1. The Labute approximate surface area is 128 Å². The second-order valence-electron chi connectivity index (χ2n) is 5.58. The van der Waals surface area contributed by atoms with Crippen molar-refractivity contribution in [2.75, 3.05) is 0 Å². The lowest BCUT2D eigenvalue weighted by molar-refractivity contribution is 0.103. The van der Waals surface area contributed by atoms with Gasteiger partial charge in [-0.1, -0.05) is 31.2 Å². The van der Waals surface area contributed by atoms with Crippen LogP contribution in [0, 0.1) is 5.92 Å². The molecule has 0 aliphatic heterocycles. The molecule has 0 spiro atoms. The van der Waals surface area contributed by atoms with Crippen LogP contribution in [-0.2, 0) is 0 Å². The normalized spacial score (nSPS) is 17.1. The molecule has 1 aliphatic carbocycles. The van der Waals surface area contributed by atoms with Crippen molar-refractivity contribution >= 4 is 27.7 Å². The Kier molecular flexibility index (Phi) is 2.85. The van der Waals surface area contributed by atoms with Crippen LogP contribution in [0.3, 0.4) is 0 Å². The number of hydrogen-bond donors (Lipinski definition) is 0. The van der Waals surface area contributed by atoms with Crippen LogP contribution in [0.25, 0.3) is 21.9 Å². The number of rotatable bonds is 2. The van der Waals surface area contributed by atoms with Gasteiger partial charge in [0.05, 0.1) is 5.57 Å². The SMILES string of the molecule is CC1C=C=C(C(=O)c2ccc3oc4ccccc4c3c2)C=C1. The first-order valence-corrected chi connectivity index (χ1v) is 7.33. The number of benzene rings is 2. The van der Waals surface area contributed by atoms with Crippen molar-refractivity contribution < 1.29 is 9.21 Å². The molecule has 0 N–H and O–H groups in total. The van der Waals surface area contributed by atoms with E-state index in [4.69, 9.17) is 4.42 Å². The summed E-state index contributed by atoms with van der Waals surface area (Å²) in [4.78, 5) is 12.6. The van der Waals surface area contributed by atoms with Crippen molar-refractivity contribution in [3.63, 3.8) is 0 Å². The van der Waals surface area contributed by atoms with Crippen LogP contribution in [0.1, 0.15) is 17.3 Å². The Bertz CT molecular complexity index is 995. The quantitative estimate of drug-likeness (QED) is 0.487. The lowest BCUT2D eigenvalue weighted by Gasteiger charge is -2.05. The minimum Gasteiger partial charge on any atom is -0.456 e. The zero-order valence-corrected chi connectivity index (χ0v) is 12.2. The average molecular weight is 286 g/mol. The zero-order chi connectivity index (χ0) is 15.1. The van der Waals surface area contributed by atoms with Gasteiger partial charge < -0.3 is 4.42 Å². The summed E-state index contributed by atoms with van der Waals surface area (Å²) >= 11 is 0. The van der Waals surface area contributed by atoms with Gasteiger partial charge in [0, 0.05) is 16.3 Å². The van der Waals surface area contributed by atoms with Gasteiger partial charge in [0.1, 0.15) is 11.2 Å². The minimum atomic E-state index is -0.00780. The van der Waals surface area contributed by atoms with Crippen LogP contribution in [0.4, 0.5) is 0 Å². The van der Waals surface area contributed by atoms with E-state index in [0.29, 0.717) is 17.1 Å². The molecular weight excluding hydrogens is 272 g/mol. The maximum atomic E-state index is 12.6. The van der Waals surface area contributed by atoms with Gasteiger partial charge in [-0.05, 0) is 42.3 Å². The van der Waals surface area contributed by atoms with Gasteiger partial charge in [-0.2, -0.15) is 0 Å². The lowest BCUT2D eigenvalue weighted by Crippen LogP contribution is -2.02. The van der Waals surface area contributed by atoms with E-state index in [0.717, 1.165) is 21.9 Å². The largest absolute Gasteiger partial charge is 0.456 e. The van der Waals surface area contributed by atoms with Crippen LogP contribution in [0.2, 0.25) is 0 Å². The third kappa shape index (κ3) is 2.02. The van der Waals surface area contributed by atoms with Gasteiger partial charge in [0.2, 0.25) is 5.78 Å². The minimum absolute atomic E-state index is 0.00780. The first-order valence-electron chi connectivity index (χ1n) is 7.33. The Morgan fingerprint density at radius 3 is 2.73 bits per heavy atom. The third-order valence-corrected chi connectivity index (χ3v) is 3.95. The summed E-state index contributed by atoms with van der Waals surface area (Å²) in [7, 11) is 0. The molecule has 106 valence electrons. The smallest absolute Gasteiger partial charge is 0.200 e. The number of furan rings is 1. The van der Waals surface area contributed by atoms with Crippen LogP contribution in [0.15, 0.2) is 76.4 Å². The van der Waals surface area contributed by atoms with Gasteiger partial charge in [-0.15, -0.1) is 5.73 Å². The van der Waals surface area contributed by atoms with Gasteiger partial charge in [0.25, 0.3) is 0 Å². The Morgan fingerprint density at radius 2 is 1.91 bits per heavy atom. The Hall–Kier alpha value is -2.83. The predicted molar refractivity (Wildman–Crippen MR) is 88.0 cm³/mol. The molecule has 2 heteroatoms. The summed E-state index contributed by atoms with van der Waals surface area (Å²) in [5.74, 6) is 0.323.